The number of alkyl halides is 3. The van der Waals surface area contributed by atoms with E-state index in [9.17, 15) is 13.2 Å². The first-order valence-corrected chi connectivity index (χ1v) is 6.54. The minimum Gasteiger partial charge on any atom is -0.492 e. The second-order valence-electron chi connectivity index (χ2n) is 3.95. The normalized spacial score (nSPS) is 11.7. The maximum absolute atomic E-state index is 11.8. The Morgan fingerprint density at radius 2 is 1.85 bits per heavy atom. The molecule has 0 bridgehead atoms. The molecule has 0 radical (unpaired) electrons. The van der Waals surface area contributed by atoms with Crippen LogP contribution in [0.25, 0.3) is 0 Å². The molecule has 114 valence electrons. The summed E-state index contributed by atoms with van der Waals surface area (Å²) in [6.45, 7) is -0.947. The second-order valence-corrected chi connectivity index (χ2v) is 4.79. The van der Waals surface area contributed by atoms with E-state index in [1.807, 2.05) is 0 Å². The van der Waals surface area contributed by atoms with E-state index in [1.54, 1.807) is 6.07 Å². The van der Waals surface area contributed by atoms with Crippen LogP contribution in [0.15, 0.2) is 12.1 Å². The van der Waals surface area contributed by atoms with Crippen LogP contribution in [0.5, 0.6) is 5.75 Å². The van der Waals surface area contributed by atoms with Gasteiger partial charge in [0.15, 0.2) is 0 Å². The van der Waals surface area contributed by atoms with Gasteiger partial charge in [0.1, 0.15) is 12.4 Å². The van der Waals surface area contributed by atoms with Crippen molar-refractivity contribution < 1.29 is 22.6 Å². The van der Waals surface area contributed by atoms with E-state index < -0.39 is 12.8 Å². The lowest BCUT2D eigenvalue weighted by Crippen LogP contribution is -2.18. The number of hydrogen-bond donors (Lipinski definition) is 1. The molecule has 0 saturated carbocycles. The van der Waals surface area contributed by atoms with E-state index in [0.29, 0.717) is 27.8 Å². The SMILES string of the molecule is NCc1cc(Cl)cc(Cl)c1OCCCOCC(F)(F)F. The first-order chi connectivity index (χ1) is 9.33. The Kier molecular flexibility index (Phi) is 6.88. The van der Waals surface area contributed by atoms with Crippen molar-refractivity contribution in [3.8, 4) is 5.75 Å². The Hall–Kier alpha value is -0.690. The smallest absolute Gasteiger partial charge is 0.411 e. The van der Waals surface area contributed by atoms with Crippen molar-refractivity contribution in [1.82, 2.24) is 0 Å². The van der Waals surface area contributed by atoms with E-state index in [0.717, 1.165) is 0 Å². The number of halogens is 5. The molecule has 1 rings (SSSR count). The zero-order chi connectivity index (χ0) is 15.2. The van der Waals surface area contributed by atoms with Gasteiger partial charge in [-0.2, -0.15) is 13.2 Å². The average molecular weight is 332 g/mol. The third-order valence-corrected chi connectivity index (χ3v) is 2.75. The molecule has 2 N–H and O–H groups in total. The first kappa shape index (κ1) is 17.4. The second kappa shape index (κ2) is 7.93. The van der Waals surface area contributed by atoms with Gasteiger partial charge in [0.05, 0.1) is 18.2 Å². The molecule has 0 amide bonds. The Morgan fingerprint density at radius 3 is 2.45 bits per heavy atom. The molecule has 0 fully saturated rings. The van der Waals surface area contributed by atoms with Crippen LogP contribution < -0.4 is 10.5 Å². The zero-order valence-corrected chi connectivity index (χ0v) is 12.0. The standard InChI is InChI=1S/C12H14Cl2F3NO2/c13-9-4-8(6-18)11(10(14)5-9)20-3-1-2-19-7-12(15,16)17/h4-5H,1-3,6-7,18H2. The molecule has 0 aliphatic heterocycles. The fourth-order valence-electron chi connectivity index (χ4n) is 1.45. The minimum atomic E-state index is -4.31. The highest BCUT2D eigenvalue weighted by Crippen LogP contribution is 2.32. The molecule has 1 aromatic carbocycles. The number of nitrogens with two attached hydrogens (primary N) is 1. The van der Waals surface area contributed by atoms with Gasteiger partial charge in [-0.25, -0.2) is 0 Å². The maximum Gasteiger partial charge on any atom is 0.411 e. The zero-order valence-electron chi connectivity index (χ0n) is 10.5. The summed E-state index contributed by atoms with van der Waals surface area (Å²) in [4.78, 5) is 0. The van der Waals surface area contributed by atoms with Gasteiger partial charge in [-0.15, -0.1) is 0 Å². The van der Waals surface area contributed by atoms with Crippen LogP contribution in [0.2, 0.25) is 10.0 Å². The summed E-state index contributed by atoms with van der Waals surface area (Å²) in [6, 6.07) is 3.14. The molecular weight excluding hydrogens is 318 g/mol. The molecule has 0 aliphatic rings. The quantitative estimate of drug-likeness (QED) is 0.773. The first-order valence-electron chi connectivity index (χ1n) is 5.79. The molecule has 0 heterocycles. The summed E-state index contributed by atoms with van der Waals surface area (Å²) in [6.07, 6.45) is -4.01. The number of ether oxygens (including phenoxy) is 2. The predicted octanol–water partition coefficient (Wildman–Crippen LogP) is 3.80. The van der Waals surface area contributed by atoms with Gasteiger partial charge < -0.3 is 15.2 Å². The summed E-state index contributed by atoms with van der Waals surface area (Å²) in [5.41, 5.74) is 6.18. The lowest BCUT2D eigenvalue weighted by atomic mass is 10.2. The van der Waals surface area contributed by atoms with E-state index >= 15 is 0 Å². The van der Waals surface area contributed by atoms with Gasteiger partial charge in [0.2, 0.25) is 0 Å². The highest BCUT2D eigenvalue weighted by atomic mass is 35.5. The number of benzene rings is 1. The van der Waals surface area contributed by atoms with E-state index in [-0.39, 0.29) is 19.8 Å². The monoisotopic (exact) mass is 331 g/mol. The maximum atomic E-state index is 11.8. The lowest BCUT2D eigenvalue weighted by Gasteiger charge is -2.13. The number of rotatable bonds is 7. The van der Waals surface area contributed by atoms with Crippen LogP contribution in [0, 0.1) is 0 Å². The van der Waals surface area contributed by atoms with E-state index in [4.69, 9.17) is 33.7 Å². The molecule has 0 aliphatic carbocycles. The molecule has 3 nitrogen and oxygen atoms in total. The largest absolute Gasteiger partial charge is 0.492 e. The third kappa shape index (κ3) is 6.17. The Balaban J connectivity index is 2.39. The van der Waals surface area contributed by atoms with Crippen LogP contribution in [0.3, 0.4) is 0 Å². The van der Waals surface area contributed by atoms with Crippen molar-refractivity contribution >= 4 is 23.2 Å². The van der Waals surface area contributed by atoms with Gasteiger partial charge in [-0.1, -0.05) is 23.2 Å². The van der Waals surface area contributed by atoms with Crippen molar-refractivity contribution in [3.05, 3.63) is 27.7 Å². The van der Waals surface area contributed by atoms with Crippen LogP contribution in [-0.2, 0) is 11.3 Å². The van der Waals surface area contributed by atoms with Crippen molar-refractivity contribution in [2.24, 2.45) is 5.73 Å². The van der Waals surface area contributed by atoms with Gasteiger partial charge in [0.25, 0.3) is 0 Å². The molecule has 1 aromatic rings. The molecule has 8 heteroatoms. The van der Waals surface area contributed by atoms with Gasteiger partial charge in [0, 0.05) is 23.6 Å². The minimum absolute atomic E-state index is 0.0529. The summed E-state index contributed by atoms with van der Waals surface area (Å²) in [5.74, 6) is 0.398. The number of hydrogen-bond acceptors (Lipinski definition) is 3. The van der Waals surface area contributed by atoms with Crippen LogP contribution >= 0.6 is 23.2 Å². The molecule has 0 spiro atoms. The van der Waals surface area contributed by atoms with Crippen LogP contribution in [0.1, 0.15) is 12.0 Å². The summed E-state index contributed by atoms with van der Waals surface area (Å²) >= 11 is 11.8. The highest BCUT2D eigenvalue weighted by Gasteiger charge is 2.27. The fourth-order valence-corrected chi connectivity index (χ4v) is 2.04. The third-order valence-electron chi connectivity index (χ3n) is 2.25. The molecule has 0 aromatic heterocycles. The van der Waals surface area contributed by atoms with E-state index in [2.05, 4.69) is 4.74 Å². The Labute approximate surface area is 124 Å². The summed E-state index contributed by atoms with van der Waals surface area (Å²) in [7, 11) is 0. The topological polar surface area (TPSA) is 44.5 Å². The van der Waals surface area contributed by atoms with Crippen molar-refractivity contribution in [2.75, 3.05) is 19.8 Å². The van der Waals surface area contributed by atoms with Gasteiger partial charge in [-0.05, 0) is 12.1 Å². The van der Waals surface area contributed by atoms with Crippen molar-refractivity contribution in [2.45, 2.75) is 19.1 Å². The average Bonchev–Trinajstić information content (AvgIpc) is 2.33. The Bertz CT molecular complexity index is 441. The molecule has 0 atom stereocenters. The van der Waals surface area contributed by atoms with Gasteiger partial charge in [-0.3, -0.25) is 0 Å². The molecule has 0 unspecified atom stereocenters. The fraction of sp³-hybridized carbons (Fsp3) is 0.500. The van der Waals surface area contributed by atoms with Crippen LogP contribution in [-0.4, -0.2) is 26.0 Å². The van der Waals surface area contributed by atoms with E-state index in [1.165, 1.54) is 6.07 Å². The lowest BCUT2D eigenvalue weighted by molar-refractivity contribution is -0.174. The summed E-state index contributed by atoms with van der Waals surface area (Å²) in [5, 5.41) is 0.755. The van der Waals surface area contributed by atoms with Crippen molar-refractivity contribution in [3.63, 3.8) is 0 Å². The van der Waals surface area contributed by atoms with Crippen molar-refractivity contribution in [1.29, 1.82) is 0 Å². The van der Waals surface area contributed by atoms with Gasteiger partial charge >= 0.3 is 6.18 Å². The molecule has 0 saturated heterocycles. The Morgan fingerprint density at radius 1 is 1.15 bits per heavy atom. The highest BCUT2D eigenvalue weighted by molar-refractivity contribution is 6.35. The molecular formula is C12H14Cl2F3NO2. The van der Waals surface area contributed by atoms with Crippen LogP contribution in [0.4, 0.5) is 13.2 Å². The summed E-state index contributed by atoms with van der Waals surface area (Å²) < 4.78 is 45.3. The predicted molar refractivity (Wildman–Crippen MR) is 71.3 cm³/mol. The molecule has 20 heavy (non-hydrogen) atoms.